The molecule has 0 spiro atoms. The Balaban J connectivity index is 1.78. The molecule has 0 radical (unpaired) electrons. The number of aromatic nitrogens is 4. The Morgan fingerprint density at radius 3 is 2.77 bits per heavy atom. The summed E-state index contributed by atoms with van der Waals surface area (Å²) in [6, 6.07) is 3.77. The molecule has 158 valence electrons. The summed E-state index contributed by atoms with van der Waals surface area (Å²) in [7, 11) is 0. The average molecular weight is 429 g/mol. The number of H-pyrrole nitrogens is 1. The molecule has 1 unspecified atom stereocenters. The van der Waals surface area contributed by atoms with Crippen molar-refractivity contribution in [2.24, 2.45) is 0 Å². The number of hydrogen-bond acceptors (Lipinski definition) is 7. The Hall–Kier alpha value is -2.72. The van der Waals surface area contributed by atoms with E-state index in [4.69, 9.17) is 0 Å². The molecule has 1 atom stereocenters. The summed E-state index contributed by atoms with van der Waals surface area (Å²) < 4.78 is 4.70. The molecular formula is C20H24N6O3S. The lowest BCUT2D eigenvalue weighted by Gasteiger charge is -2.25. The molecule has 1 fully saturated rings. The van der Waals surface area contributed by atoms with Gasteiger partial charge in [-0.3, -0.25) is 24.2 Å². The molecule has 0 bridgehead atoms. The van der Waals surface area contributed by atoms with E-state index in [1.807, 2.05) is 36.8 Å². The van der Waals surface area contributed by atoms with Crippen LogP contribution in [0, 0.1) is 13.8 Å². The highest BCUT2D eigenvalue weighted by Gasteiger charge is 2.30. The second-order valence-corrected chi connectivity index (χ2v) is 8.21. The molecular weight excluding hydrogens is 404 g/mol. The molecule has 3 aliphatic heterocycles. The van der Waals surface area contributed by atoms with Gasteiger partial charge in [0.2, 0.25) is 5.91 Å². The molecule has 0 aromatic heterocycles. The number of fused-ring (bicyclic) bond motifs is 2. The van der Waals surface area contributed by atoms with Gasteiger partial charge in [0.25, 0.3) is 5.56 Å². The predicted octanol–water partition coefficient (Wildman–Crippen LogP) is 1.06. The number of carbonyl (C=O) groups excluding carboxylic acids is 1. The molecule has 0 aliphatic carbocycles. The van der Waals surface area contributed by atoms with Gasteiger partial charge in [0.15, 0.2) is 11.5 Å². The first kappa shape index (κ1) is 20.5. The molecule has 3 aliphatic rings. The Morgan fingerprint density at radius 2 is 2.00 bits per heavy atom. The van der Waals surface area contributed by atoms with Crippen LogP contribution in [0.4, 0.5) is 0 Å². The lowest BCUT2D eigenvalue weighted by molar-refractivity contribution is -0.123. The molecule has 0 saturated carbocycles. The minimum absolute atomic E-state index is 0.0114. The van der Waals surface area contributed by atoms with Crippen molar-refractivity contribution < 1.29 is 4.79 Å². The van der Waals surface area contributed by atoms with E-state index in [0.717, 1.165) is 36.0 Å². The molecule has 1 amide bonds. The monoisotopic (exact) mass is 428 g/mol. The molecule has 9 nitrogen and oxygen atoms in total. The quantitative estimate of drug-likeness (QED) is 0.461. The van der Waals surface area contributed by atoms with Crippen LogP contribution in [-0.2, 0) is 11.3 Å². The summed E-state index contributed by atoms with van der Waals surface area (Å²) in [6.45, 7) is 5.91. The molecule has 10 heteroatoms. The number of rotatable bonds is 5. The van der Waals surface area contributed by atoms with Gasteiger partial charge in [-0.15, -0.1) is 0 Å². The summed E-state index contributed by atoms with van der Waals surface area (Å²) in [5.41, 5.74) is 2.55. The van der Waals surface area contributed by atoms with Gasteiger partial charge in [-0.2, -0.15) is 4.98 Å². The van der Waals surface area contributed by atoms with Gasteiger partial charge in [0.05, 0.1) is 17.1 Å². The Bertz CT molecular complexity index is 1200. The zero-order chi connectivity index (χ0) is 21.4. The van der Waals surface area contributed by atoms with Crippen molar-refractivity contribution in [2.75, 3.05) is 19.3 Å². The van der Waals surface area contributed by atoms with Gasteiger partial charge in [-0.05, 0) is 56.5 Å². The normalized spacial score (nSPS) is 17.1. The van der Waals surface area contributed by atoms with Gasteiger partial charge in [0.1, 0.15) is 0 Å². The molecule has 4 rings (SSSR count). The van der Waals surface area contributed by atoms with Gasteiger partial charge < -0.3 is 4.57 Å². The van der Waals surface area contributed by atoms with Crippen molar-refractivity contribution in [1.29, 1.82) is 0 Å². The fourth-order valence-electron chi connectivity index (χ4n) is 4.06. The van der Waals surface area contributed by atoms with E-state index in [1.54, 1.807) is 0 Å². The highest BCUT2D eigenvalue weighted by molar-refractivity contribution is 7.97. The maximum atomic E-state index is 12.4. The van der Waals surface area contributed by atoms with Crippen LogP contribution >= 0.6 is 11.9 Å². The zero-order valence-electron chi connectivity index (χ0n) is 17.2. The summed E-state index contributed by atoms with van der Waals surface area (Å²) >= 11 is 1.30. The van der Waals surface area contributed by atoms with Crippen molar-refractivity contribution in [2.45, 2.75) is 39.3 Å². The van der Waals surface area contributed by atoms with Crippen molar-refractivity contribution in [1.82, 2.24) is 29.1 Å². The summed E-state index contributed by atoms with van der Waals surface area (Å²) in [5.74, 6) is 0.279. The first-order valence-electron chi connectivity index (χ1n) is 9.87. The minimum atomic E-state index is -0.690. The number of nitrogens with one attached hydrogen (secondary N) is 2. The summed E-state index contributed by atoms with van der Waals surface area (Å²) in [6.07, 6.45) is 3.60. The third kappa shape index (κ3) is 3.72. The van der Waals surface area contributed by atoms with E-state index in [9.17, 15) is 14.4 Å². The van der Waals surface area contributed by atoms with Gasteiger partial charge in [-0.1, -0.05) is 11.9 Å². The van der Waals surface area contributed by atoms with Crippen LogP contribution in [0.3, 0.4) is 0 Å². The number of carbonyl (C=O) groups is 1. The number of amides is 1. The number of hydrogen-bond donors (Lipinski definition) is 2. The lowest BCUT2D eigenvalue weighted by atomic mass is 10.1. The highest BCUT2D eigenvalue weighted by atomic mass is 32.2. The van der Waals surface area contributed by atoms with Crippen molar-refractivity contribution in [3.8, 4) is 11.5 Å². The number of likely N-dealkylation sites (tertiary alicyclic amines) is 1. The Kier molecular flexibility index (Phi) is 5.61. The third-order valence-corrected chi connectivity index (χ3v) is 6.11. The second-order valence-electron chi connectivity index (χ2n) is 7.60. The largest absolute Gasteiger partial charge is 0.349 e. The van der Waals surface area contributed by atoms with Crippen LogP contribution in [-0.4, -0.2) is 55.7 Å². The van der Waals surface area contributed by atoms with Gasteiger partial charge >= 0.3 is 5.69 Å². The number of nitrogens with zero attached hydrogens (tertiary/aromatic N) is 4. The van der Waals surface area contributed by atoms with E-state index < -0.39 is 11.2 Å². The van der Waals surface area contributed by atoms with Crippen LogP contribution in [0.1, 0.15) is 24.0 Å². The second kappa shape index (κ2) is 8.19. The van der Waals surface area contributed by atoms with Crippen LogP contribution in [0.2, 0.25) is 0 Å². The highest BCUT2D eigenvalue weighted by Crippen LogP contribution is 2.25. The molecule has 1 saturated heterocycles. The molecule has 1 aromatic rings. The summed E-state index contributed by atoms with van der Waals surface area (Å²) in [4.78, 5) is 49.6. The maximum absolute atomic E-state index is 12.4. The summed E-state index contributed by atoms with van der Waals surface area (Å²) in [5, 5.41) is 0. The Labute approximate surface area is 177 Å². The maximum Gasteiger partial charge on any atom is 0.349 e. The van der Waals surface area contributed by atoms with E-state index >= 15 is 0 Å². The topological polar surface area (TPSA) is 113 Å². The van der Waals surface area contributed by atoms with Crippen molar-refractivity contribution in [3.05, 3.63) is 44.1 Å². The number of benzene rings is 1. The van der Waals surface area contributed by atoms with Crippen molar-refractivity contribution >= 4 is 28.9 Å². The standard InChI is InChI=1S/C20H24N6O3S/c1-11-9-13-15(10-12(11)2)26(17-16(21-13)19(28)23-20(29)22-17)8-7-25-6-4-5-14(25)18(27)24-30-3/h9-10,14H,4-8H2,1-3H3,(H,24,27)(H,23,28,29). The van der Waals surface area contributed by atoms with Crippen LogP contribution in [0.25, 0.3) is 22.6 Å². The minimum Gasteiger partial charge on any atom is -0.321 e. The predicted molar refractivity (Wildman–Crippen MR) is 117 cm³/mol. The van der Waals surface area contributed by atoms with Gasteiger partial charge in [-0.25, -0.2) is 9.78 Å². The average Bonchev–Trinajstić information content (AvgIpc) is 3.16. The van der Waals surface area contributed by atoms with Crippen LogP contribution in [0.15, 0.2) is 21.7 Å². The molecule has 1 aromatic carbocycles. The first-order chi connectivity index (χ1) is 14.4. The fourth-order valence-corrected chi connectivity index (χ4v) is 4.40. The van der Waals surface area contributed by atoms with Gasteiger partial charge in [0, 0.05) is 19.3 Å². The fraction of sp³-hybridized carbons (Fsp3) is 0.450. The Morgan fingerprint density at radius 1 is 1.23 bits per heavy atom. The smallest absolute Gasteiger partial charge is 0.321 e. The van der Waals surface area contributed by atoms with E-state index in [1.165, 1.54) is 11.9 Å². The zero-order valence-corrected chi connectivity index (χ0v) is 18.0. The SMILES string of the molecule is CSNC(=O)C1CCCN1CCn1c2nc(=O)[nH]c(=O)c-2nc2cc(C)c(C)cc21. The molecule has 3 heterocycles. The van der Waals surface area contributed by atoms with Crippen molar-refractivity contribution in [3.63, 3.8) is 0 Å². The van der Waals surface area contributed by atoms with E-state index in [-0.39, 0.29) is 23.5 Å². The lowest BCUT2D eigenvalue weighted by Crippen LogP contribution is -2.42. The van der Waals surface area contributed by atoms with E-state index in [0.29, 0.717) is 18.6 Å². The number of aryl methyl sites for hydroxylation is 2. The number of aromatic amines is 1. The van der Waals surface area contributed by atoms with Crippen LogP contribution < -0.4 is 16.0 Å². The van der Waals surface area contributed by atoms with E-state index in [2.05, 4.69) is 24.6 Å². The molecule has 2 N–H and O–H groups in total. The molecule has 30 heavy (non-hydrogen) atoms. The van der Waals surface area contributed by atoms with Crippen LogP contribution in [0.5, 0.6) is 0 Å². The third-order valence-electron chi connectivity index (χ3n) is 5.70. The first-order valence-corrected chi connectivity index (χ1v) is 11.1.